The van der Waals surface area contributed by atoms with Crippen LogP contribution in [0.2, 0.25) is 0 Å². The highest BCUT2D eigenvalue weighted by Gasteiger charge is 2.33. The number of nitrogens with zero attached hydrogens (tertiary/aromatic N) is 2. The highest BCUT2D eigenvalue weighted by atomic mass is 32.2. The van der Waals surface area contributed by atoms with E-state index in [4.69, 9.17) is 0 Å². The molecule has 0 unspecified atom stereocenters. The lowest BCUT2D eigenvalue weighted by atomic mass is 10.1. The number of rotatable bonds is 10. The Balaban J connectivity index is 2.05. The number of hydrogen-bond acceptors (Lipinski definition) is 4. The number of likely N-dealkylation sites (N-methyl/N-ethyl adjacent to an activating group) is 1. The second kappa shape index (κ2) is 12.0. The van der Waals surface area contributed by atoms with Crippen molar-refractivity contribution >= 4 is 27.5 Å². The summed E-state index contributed by atoms with van der Waals surface area (Å²) >= 11 is 0. The normalized spacial score (nSPS) is 12.0. The van der Waals surface area contributed by atoms with Gasteiger partial charge in [0.2, 0.25) is 11.8 Å². The van der Waals surface area contributed by atoms with Gasteiger partial charge in [0.25, 0.3) is 10.0 Å². The standard InChI is InChI=1S/C27H29F2N3O4S/c1-4-30-27(34)20(3)31(17-21-9-5-6-10-23(21)28)26(33)18-32(25-12-8-7-11-24(25)29)37(35,36)22-15-13-19(2)14-16-22/h5-16,20H,4,17-18H2,1-3H3,(H,30,34)/t20-/m0/s1. The summed E-state index contributed by atoms with van der Waals surface area (Å²) < 4.78 is 57.2. The number of sulfonamides is 1. The predicted octanol–water partition coefficient (Wildman–Crippen LogP) is 4.02. The summed E-state index contributed by atoms with van der Waals surface area (Å²) in [6.07, 6.45) is 0. The number of benzene rings is 3. The van der Waals surface area contributed by atoms with Crippen LogP contribution in [0.5, 0.6) is 0 Å². The van der Waals surface area contributed by atoms with E-state index in [2.05, 4.69) is 5.32 Å². The molecule has 0 saturated carbocycles. The van der Waals surface area contributed by atoms with Crippen molar-refractivity contribution in [1.82, 2.24) is 10.2 Å². The molecular weight excluding hydrogens is 500 g/mol. The van der Waals surface area contributed by atoms with Gasteiger partial charge >= 0.3 is 0 Å². The minimum absolute atomic E-state index is 0.133. The lowest BCUT2D eigenvalue weighted by Crippen LogP contribution is -2.51. The molecule has 196 valence electrons. The zero-order valence-corrected chi connectivity index (χ0v) is 21.6. The predicted molar refractivity (Wildman–Crippen MR) is 137 cm³/mol. The van der Waals surface area contributed by atoms with Crippen molar-refractivity contribution in [2.45, 2.75) is 38.3 Å². The van der Waals surface area contributed by atoms with Gasteiger partial charge in [-0.05, 0) is 51.1 Å². The van der Waals surface area contributed by atoms with E-state index < -0.39 is 46.1 Å². The first-order valence-electron chi connectivity index (χ1n) is 11.7. The number of halogens is 2. The van der Waals surface area contributed by atoms with E-state index in [9.17, 15) is 26.8 Å². The summed E-state index contributed by atoms with van der Waals surface area (Å²) in [5.41, 5.74) is 0.637. The largest absolute Gasteiger partial charge is 0.355 e. The Kier molecular flexibility index (Phi) is 8.99. The minimum atomic E-state index is -4.39. The topological polar surface area (TPSA) is 86.8 Å². The Morgan fingerprint density at radius 1 is 0.919 bits per heavy atom. The Hall–Kier alpha value is -3.79. The van der Waals surface area contributed by atoms with Crippen LogP contribution in [0, 0.1) is 18.6 Å². The maximum absolute atomic E-state index is 14.8. The highest BCUT2D eigenvalue weighted by molar-refractivity contribution is 7.92. The number of amides is 2. The Morgan fingerprint density at radius 3 is 2.11 bits per heavy atom. The van der Waals surface area contributed by atoms with Gasteiger partial charge in [0.05, 0.1) is 10.6 Å². The molecule has 1 atom stereocenters. The summed E-state index contributed by atoms with van der Waals surface area (Å²) in [4.78, 5) is 27.2. The van der Waals surface area contributed by atoms with Crippen molar-refractivity contribution in [1.29, 1.82) is 0 Å². The van der Waals surface area contributed by atoms with Crippen molar-refractivity contribution in [3.63, 3.8) is 0 Å². The molecule has 10 heteroatoms. The van der Waals surface area contributed by atoms with Gasteiger partial charge in [0.1, 0.15) is 24.2 Å². The number of anilines is 1. The molecular formula is C27H29F2N3O4S. The van der Waals surface area contributed by atoms with Crippen molar-refractivity contribution < 1.29 is 26.8 Å². The van der Waals surface area contributed by atoms with E-state index in [1.165, 1.54) is 55.5 Å². The molecule has 3 aromatic rings. The number of nitrogens with one attached hydrogen (secondary N) is 1. The highest BCUT2D eigenvalue weighted by Crippen LogP contribution is 2.27. The van der Waals surface area contributed by atoms with E-state index in [1.54, 1.807) is 32.0 Å². The van der Waals surface area contributed by atoms with Gasteiger partial charge in [-0.1, -0.05) is 48.0 Å². The van der Waals surface area contributed by atoms with Crippen LogP contribution in [-0.4, -0.2) is 44.3 Å². The quantitative estimate of drug-likeness (QED) is 0.430. The van der Waals surface area contributed by atoms with Crippen molar-refractivity contribution in [3.8, 4) is 0 Å². The third-order valence-corrected chi connectivity index (χ3v) is 7.60. The molecule has 0 aliphatic carbocycles. The summed E-state index contributed by atoms with van der Waals surface area (Å²) in [6.45, 7) is 4.16. The maximum atomic E-state index is 14.8. The maximum Gasteiger partial charge on any atom is 0.264 e. The van der Waals surface area contributed by atoms with Crippen LogP contribution >= 0.6 is 0 Å². The van der Waals surface area contributed by atoms with E-state index in [0.717, 1.165) is 16.5 Å². The minimum Gasteiger partial charge on any atom is -0.355 e. The average Bonchev–Trinajstić information content (AvgIpc) is 2.87. The molecule has 2 amide bonds. The van der Waals surface area contributed by atoms with Gasteiger partial charge in [-0.2, -0.15) is 0 Å². The fourth-order valence-corrected chi connectivity index (χ4v) is 5.14. The molecule has 0 aliphatic rings. The van der Waals surface area contributed by atoms with Gasteiger partial charge in [-0.25, -0.2) is 17.2 Å². The smallest absolute Gasteiger partial charge is 0.264 e. The molecule has 3 aromatic carbocycles. The van der Waals surface area contributed by atoms with Gasteiger partial charge in [-0.15, -0.1) is 0 Å². The first-order valence-corrected chi connectivity index (χ1v) is 13.1. The average molecular weight is 530 g/mol. The van der Waals surface area contributed by atoms with Gasteiger partial charge in [0.15, 0.2) is 0 Å². The Morgan fingerprint density at radius 2 is 1.51 bits per heavy atom. The van der Waals surface area contributed by atoms with Gasteiger partial charge in [-0.3, -0.25) is 13.9 Å². The summed E-state index contributed by atoms with van der Waals surface area (Å²) in [6, 6.07) is 15.8. The molecule has 37 heavy (non-hydrogen) atoms. The molecule has 0 saturated heterocycles. The molecule has 0 bridgehead atoms. The Bertz CT molecular complexity index is 1360. The number of aryl methyl sites for hydroxylation is 1. The first-order chi connectivity index (χ1) is 17.6. The van der Waals surface area contributed by atoms with Crippen molar-refractivity contribution in [2.75, 3.05) is 17.4 Å². The van der Waals surface area contributed by atoms with E-state index in [0.29, 0.717) is 10.8 Å². The fourth-order valence-electron chi connectivity index (χ4n) is 3.72. The summed E-state index contributed by atoms with van der Waals surface area (Å²) in [5, 5.41) is 2.62. The van der Waals surface area contributed by atoms with Crippen LogP contribution in [0.15, 0.2) is 77.7 Å². The van der Waals surface area contributed by atoms with Gasteiger partial charge < -0.3 is 10.2 Å². The van der Waals surface area contributed by atoms with Crippen LogP contribution in [-0.2, 0) is 26.2 Å². The van der Waals surface area contributed by atoms with E-state index >= 15 is 0 Å². The molecule has 0 aromatic heterocycles. The van der Waals surface area contributed by atoms with Crippen LogP contribution in [0.1, 0.15) is 25.0 Å². The first kappa shape index (κ1) is 27.8. The summed E-state index contributed by atoms with van der Waals surface area (Å²) in [5.74, 6) is -2.72. The molecule has 0 heterocycles. The molecule has 3 rings (SSSR count). The van der Waals surface area contributed by atoms with Crippen LogP contribution in [0.4, 0.5) is 14.5 Å². The monoisotopic (exact) mass is 529 g/mol. The van der Waals surface area contributed by atoms with Gasteiger partial charge in [0, 0.05) is 18.7 Å². The van der Waals surface area contributed by atoms with Crippen LogP contribution in [0.3, 0.4) is 0 Å². The number of hydrogen-bond donors (Lipinski definition) is 1. The van der Waals surface area contributed by atoms with E-state index in [1.807, 2.05) is 0 Å². The molecule has 0 aliphatic heterocycles. The lowest BCUT2D eigenvalue weighted by Gasteiger charge is -2.32. The SMILES string of the molecule is CCNC(=O)[C@H](C)N(Cc1ccccc1F)C(=O)CN(c1ccccc1F)S(=O)(=O)c1ccc(C)cc1. The molecule has 0 fully saturated rings. The third kappa shape index (κ3) is 6.51. The zero-order chi connectivity index (χ0) is 27.2. The molecule has 1 N–H and O–H groups in total. The van der Waals surface area contributed by atoms with E-state index in [-0.39, 0.29) is 22.7 Å². The van der Waals surface area contributed by atoms with Crippen molar-refractivity contribution in [3.05, 3.63) is 95.6 Å². The van der Waals surface area contributed by atoms with Crippen LogP contribution in [0.25, 0.3) is 0 Å². The van der Waals surface area contributed by atoms with Crippen LogP contribution < -0.4 is 9.62 Å². The second-order valence-corrected chi connectivity index (χ2v) is 10.3. The zero-order valence-electron chi connectivity index (χ0n) is 20.8. The third-order valence-electron chi connectivity index (χ3n) is 5.83. The Labute approximate surface area is 215 Å². The molecule has 0 spiro atoms. The van der Waals surface area contributed by atoms with Crippen molar-refractivity contribution in [2.24, 2.45) is 0 Å². The number of para-hydroxylation sites is 1. The lowest BCUT2D eigenvalue weighted by molar-refractivity contribution is -0.139. The second-order valence-electron chi connectivity index (χ2n) is 8.46. The molecule has 7 nitrogen and oxygen atoms in total. The number of carbonyl (C=O) groups excluding carboxylic acids is 2. The molecule has 0 radical (unpaired) electrons. The number of carbonyl (C=O) groups is 2. The fraction of sp³-hybridized carbons (Fsp3) is 0.259. The summed E-state index contributed by atoms with van der Waals surface area (Å²) in [7, 11) is -4.39.